The molecule has 1 heterocycles. The average Bonchev–Trinajstić information content (AvgIpc) is 0.887. The number of phenols is 1. The van der Waals surface area contributed by atoms with Crippen molar-refractivity contribution in [3.05, 3.63) is 65.2 Å². The van der Waals surface area contributed by atoms with Crippen molar-refractivity contribution in [3.8, 4) is 5.75 Å². The number of aryl methyl sites for hydroxylation is 1. The molecule has 4 rings (SSSR count). The molecule has 0 unspecified atom stereocenters. The van der Waals surface area contributed by atoms with Crippen LogP contribution in [0.5, 0.6) is 5.75 Å². The zero-order chi connectivity index (χ0) is 71.1. The molecule has 0 aromatic heterocycles. The maximum absolute atomic E-state index is 14.9. The minimum absolute atomic E-state index is 0.00585. The summed E-state index contributed by atoms with van der Waals surface area (Å²) in [6.45, 7) is 4.40. The van der Waals surface area contributed by atoms with E-state index in [2.05, 4.69) is 62.8 Å². The van der Waals surface area contributed by atoms with Crippen molar-refractivity contribution in [1.29, 1.82) is 0 Å². The summed E-state index contributed by atoms with van der Waals surface area (Å²) in [5.74, 6) is -9.18. The Kier molecular flexibility index (Phi) is 32.5. The Labute approximate surface area is 558 Å². The zero-order valence-corrected chi connectivity index (χ0v) is 55.0. The molecule has 2 aromatic carbocycles. The number of fused-ring (bicyclic) bond motifs is 1. The van der Waals surface area contributed by atoms with Crippen LogP contribution >= 0.6 is 0 Å². The predicted octanol–water partition coefficient (Wildman–Crippen LogP) is -5.72. The number of aliphatic imine (C=N–C) groups is 3. The Bertz CT molecular complexity index is 3080. The number of amides is 11. The standard InChI is InChI=1S/C62H100N22O12/c1-35(2)30-46(82-58(96)62(24-23-38-12-4-5-13-39(38)32-62)83-49(87)34-75-48(86)33-76-52(90)41(64)31-37-19-21-40(85)22-20-37)55(93)80-44(16-9-27-73-60(68)69)54(92)79-43(15-8-26-72-59(66)67)53(91)77-36(3)51(89)81-45(17-10-28-74-61(70)71)57(95)84-29-11-18-47(84)56(94)78-42(50(65)88)14-6-7-25-63/h4-5,12-13,19-22,35-36,41-47,85H,6-11,14-18,23-34,63-64H2,1-3H3,(H2,65,88)(H,75,86)(H,76,90)(H,77,91)(H,78,94)(H,79,92)(H,80,93)(H,81,89)(H,82,96)(H,83,87)(H4,66,67,72)(H4,68,69,73)(H4,70,71,74)/t36-,41+,42+,43+,44+,45+,46+,47+,62-/m1/s1. The Morgan fingerprint density at radius 2 is 1.12 bits per heavy atom. The monoisotopic (exact) mass is 1340 g/mol. The van der Waals surface area contributed by atoms with E-state index >= 15 is 0 Å². The quantitative estimate of drug-likeness (QED) is 0.0168. The molecule has 0 bridgehead atoms. The highest BCUT2D eigenvalue weighted by Gasteiger charge is 2.45. The highest BCUT2D eigenvalue weighted by Crippen LogP contribution is 2.30. The van der Waals surface area contributed by atoms with Crippen molar-refractivity contribution in [3.63, 3.8) is 0 Å². The van der Waals surface area contributed by atoms with Crippen LogP contribution in [-0.4, -0.2) is 193 Å². The molecule has 34 heteroatoms. The van der Waals surface area contributed by atoms with E-state index in [1.54, 1.807) is 38.1 Å². The van der Waals surface area contributed by atoms with E-state index in [9.17, 15) is 57.8 Å². The number of rotatable bonds is 40. The number of guanidine groups is 3. The fraction of sp³-hybridized carbons (Fsp3) is 0.581. The number of benzene rings is 2. The third-order valence-electron chi connectivity index (χ3n) is 16.1. The number of carbonyl (C=O) groups is 11. The molecule has 2 aliphatic rings. The van der Waals surface area contributed by atoms with Crippen LogP contribution in [0.2, 0.25) is 0 Å². The first kappa shape index (κ1) is 78.6. The highest BCUT2D eigenvalue weighted by atomic mass is 16.3. The molecule has 530 valence electrons. The normalized spacial score (nSPS) is 16.9. The SMILES string of the molecule is CC(C)C[C@H](NC(=O)[C@@]1(NC(=O)CNC(=O)CNC(=O)[C@@H](N)Cc2ccc(O)cc2)CCc2ccccc2C1)C(=O)N[C@@H](CCCN=C(N)N)C(=O)N[C@@H](CCCN=C(N)N)C(=O)N[C@H](C)C(=O)N[C@@H](CCCN=C(N)N)C(=O)N1CCC[C@H]1C(=O)N[C@@H](CCCCN)C(N)=O. The van der Waals surface area contributed by atoms with Gasteiger partial charge in [-0.05, 0) is 145 Å². The van der Waals surface area contributed by atoms with Gasteiger partial charge in [0.25, 0.3) is 0 Å². The minimum atomic E-state index is -1.67. The molecule has 0 saturated carbocycles. The third-order valence-corrected chi connectivity index (χ3v) is 16.1. The van der Waals surface area contributed by atoms with E-state index in [-0.39, 0.29) is 133 Å². The van der Waals surface area contributed by atoms with Crippen molar-refractivity contribution in [1.82, 2.24) is 52.8 Å². The number of hydrogen-bond donors (Lipinski definition) is 19. The third kappa shape index (κ3) is 26.9. The van der Waals surface area contributed by atoms with Gasteiger partial charge in [-0.2, -0.15) is 0 Å². The van der Waals surface area contributed by atoms with Crippen LogP contribution in [-0.2, 0) is 72.0 Å². The summed E-state index contributed by atoms with van der Waals surface area (Å²) >= 11 is 0. The highest BCUT2D eigenvalue weighted by molar-refractivity contribution is 6.00. The number of nitrogens with two attached hydrogens (primary N) is 9. The topological polar surface area (TPSA) is 591 Å². The Balaban J connectivity index is 1.55. The molecular formula is C62H100N22O12. The first-order valence-electron chi connectivity index (χ1n) is 32.3. The second-order valence-corrected chi connectivity index (χ2v) is 24.4. The molecule has 9 atom stereocenters. The maximum atomic E-state index is 14.9. The summed E-state index contributed by atoms with van der Waals surface area (Å²) in [7, 11) is 0. The Morgan fingerprint density at radius 3 is 1.69 bits per heavy atom. The lowest BCUT2D eigenvalue weighted by atomic mass is 9.77. The van der Waals surface area contributed by atoms with E-state index in [0.29, 0.717) is 37.8 Å². The summed E-state index contributed by atoms with van der Waals surface area (Å²) in [6, 6.07) is 3.52. The van der Waals surface area contributed by atoms with Gasteiger partial charge in [0.15, 0.2) is 17.9 Å². The van der Waals surface area contributed by atoms with Gasteiger partial charge >= 0.3 is 0 Å². The van der Waals surface area contributed by atoms with Crippen molar-refractivity contribution in [2.45, 2.75) is 177 Å². The van der Waals surface area contributed by atoms with Crippen LogP contribution in [0.1, 0.15) is 121 Å². The lowest BCUT2D eigenvalue weighted by Gasteiger charge is -2.39. The van der Waals surface area contributed by atoms with Gasteiger partial charge in [0.2, 0.25) is 65.0 Å². The first-order valence-corrected chi connectivity index (χ1v) is 32.3. The molecular weight excluding hydrogens is 1240 g/mol. The predicted molar refractivity (Wildman–Crippen MR) is 358 cm³/mol. The van der Waals surface area contributed by atoms with E-state index in [1.165, 1.54) is 24.0 Å². The number of unbranched alkanes of at least 4 members (excludes halogenated alkanes) is 1. The van der Waals surface area contributed by atoms with Gasteiger partial charge in [-0.1, -0.05) is 50.2 Å². The van der Waals surface area contributed by atoms with E-state index in [1.807, 2.05) is 12.1 Å². The number of phenolic OH excluding ortho intramolecular Hbond substituents is 1. The van der Waals surface area contributed by atoms with Crippen molar-refractivity contribution in [2.24, 2.45) is 72.5 Å². The summed E-state index contributed by atoms with van der Waals surface area (Å²) in [5.41, 5.74) is 51.4. The summed E-state index contributed by atoms with van der Waals surface area (Å²) in [6.07, 6.45) is 2.69. The largest absolute Gasteiger partial charge is 0.508 e. The van der Waals surface area contributed by atoms with Gasteiger partial charge in [-0.25, -0.2) is 0 Å². The van der Waals surface area contributed by atoms with E-state index in [4.69, 9.17) is 51.6 Å². The summed E-state index contributed by atoms with van der Waals surface area (Å²) < 4.78 is 0. The second kappa shape index (κ2) is 39.8. The Morgan fingerprint density at radius 1 is 0.594 bits per heavy atom. The smallest absolute Gasteiger partial charge is 0.246 e. The van der Waals surface area contributed by atoms with Crippen LogP contribution in [0.3, 0.4) is 0 Å². The molecule has 1 saturated heterocycles. The molecule has 1 fully saturated rings. The maximum Gasteiger partial charge on any atom is 0.246 e. The first-order chi connectivity index (χ1) is 45.5. The molecule has 2 aromatic rings. The number of likely N-dealkylation sites (tertiary alicyclic amines) is 1. The Hall–Kier alpha value is -9.86. The van der Waals surface area contributed by atoms with Gasteiger partial charge in [-0.3, -0.25) is 67.7 Å². The number of nitrogens with one attached hydrogen (secondary N) is 9. The lowest BCUT2D eigenvalue weighted by molar-refractivity contribution is -0.142. The lowest BCUT2D eigenvalue weighted by Crippen LogP contribution is -2.65. The van der Waals surface area contributed by atoms with Gasteiger partial charge in [-0.15, -0.1) is 0 Å². The van der Waals surface area contributed by atoms with Crippen molar-refractivity contribution >= 4 is 82.9 Å². The van der Waals surface area contributed by atoms with Gasteiger partial charge in [0.05, 0.1) is 19.1 Å². The zero-order valence-electron chi connectivity index (χ0n) is 55.0. The number of hydrogen-bond acceptors (Lipinski definition) is 17. The minimum Gasteiger partial charge on any atom is -0.508 e. The number of aromatic hydroxyl groups is 1. The molecule has 1 aliphatic heterocycles. The second-order valence-electron chi connectivity index (χ2n) is 24.4. The van der Waals surface area contributed by atoms with Gasteiger partial charge < -0.3 is 109 Å². The van der Waals surface area contributed by atoms with Gasteiger partial charge in [0.1, 0.15) is 53.6 Å². The average molecular weight is 1350 g/mol. The van der Waals surface area contributed by atoms with Gasteiger partial charge in [0, 0.05) is 32.6 Å². The summed E-state index contributed by atoms with van der Waals surface area (Å²) in [4.78, 5) is 166. The van der Waals surface area contributed by atoms with E-state index < -0.39 is 132 Å². The molecule has 34 nitrogen and oxygen atoms in total. The molecule has 1 aliphatic carbocycles. The van der Waals surface area contributed by atoms with Crippen LogP contribution in [0, 0.1) is 5.92 Å². The fourth-order valence-corrected chi connectivity index (χ4v) is 11.0. The molecule has 96 heavy (non-hydrogen) atoms. The fourth-order valence-electron chi connectivity index (χ4n) is 11.0. The number of primary amides is 1. The molecule has 11 amide bonds. The van der Waals surface area contributed by atoms with Crippen LogP contribution in [0.15, 0.2) is 63.5 Å². The number of carbonyl (C=O) groups excluding carboxylic acids is 11. The van der Waals surface area contributed by atoms with Crippen LogP contribution in [0.4, 0.5) is 0 Å². The van der Waals surface area contributed by atoms with Crippen LogP contribution in [0.25, 0.3) is 0 Å². The molecule has 0 spiro atoms. The van der Waals surface area contributed by atoms with Crippen molar-refractivity contribution < 1.29 is 57.8 Å². The summed E-state index contributed by atoms with van der Waals surface area (Å²) in [5, 5.41) is 33.5. The number of nitrogens with zero attached hydrogens (tertiary/aromatic N) is 4. The van der Waals surface area contributed by atoms with Crippen LogP contribution < -0.4 is 99.5 Å². The molecule has 0 radical (unpaired) electrons. The van der Waals surface area contributed by atoms with Crippen molar-refractivity contribution in [2.75, 3.05) is 45.8 Å². The van der Waals surface area contributed by atoms with E-state index in [0.717, 1.165) is 11.1 Å². The molecule has 28 N–H and O–H groups in total.